The zero-order chi connectivity index (χ0) is 28.3. The Hall–Kier alpha value is -4.13. The highest BCUT2D eigenvalue weighted by Gasteiger charge is 2.18. The van der Waals surface area contributed by atoms with Crippen molar-refractivity contribution in [3.8, 4) is 11.5 Å². The van der Waals surface area contributed by atoms with Gasteiger partial charge in [0, 0.05) is 30.8 Å². The van der Waals surface area contributed by atoms with E-state index >= 15 is 0 Å². The molecule has 0 aromatic heterocycles. The van der Waals surface area contributed by atoms with E-state index in [-0.39, 0.29) is 0 Å². The maximum absolute atomic E-state index is 11.4. The molecule has 4 aromatic carbocycles. The summed E-state index contributed by atoms with van der Waals surface area (Å²) in [5.74, 6) is 0.619. The molecule has 0 bridgehead atoms. The summed E-state index contributed by atoms with van der Waals surface area (Å²) in [5, 5.41) is 9.38. The molecule has 0 radical (unpaired) electrons. The molecule has 40 heavy (non-hydrogen) atoms. The molecule has 4 aromatic rings. The first kappa shape index (κ1) is 28.9. The number of nitrogens with two attached hydrogens (primary N) is 1. The Bertz CT molecular complexity index is 1310. The molecule has 0 saturated heterocycles. The molecule has 0 saturated carbocycles. The van der Waals surface area contributed by atoms with Crippen LogP contribution in [0.2, 0.25) is 0 Å². The van der Waals surface area contributed by atoms with Crippen LogP contribution in [0.25, 0.3) is 0 Å². The summed E-state index contributed by atoms with van der Waals surface area (Å²) in [5.41, 5.74) is 12.6. The molecule has 3 N–H and O–H groups in total. The molecule has 0 amide bonds. The largest absolute Gasteiger partial charge is 0.489 e. The second-order valence-corrected chi connectivity index (χ2v) is 10.1. The lowest BCUT2D eigenvalue weighted by Gasteiger charge is -2.25. The summed E-state index contributed by atoms with van der Waals surface area (Å²) < 4.78 is 12.5. The Morgan fingerprint density at radius 1 is 0.700 bits per heavy atom. The first-order valence-corrected chi connectivity index (χ1v) is 13.6. The van der Waals surface area contributed by atoms with Gasteiger partial charge in [-0.05, 0) is 54.7 Å². The van der Waals surface area contributed by atoms with Gasteiger partial charge in [-0.25, -0.2) is 0 Å². The van der Waals surface area contributed by atoms with Gasteiger partial charge in [-0.2, -0.15) is 0 Å². The highest BCUT2D eigenvalue weighted by atomic mass is 16.5. The molecule has 0 unspecified atom stereocenters. The third-order valence-electron chi connectivity index (χ3n) is 7.10. The van der Waals surface area contributed by atoms with E-state index in [0.717, 1.165) is 33.8 Å². The van der Waals surface area contributed by atoms with E-state index in [0.29, 0.717) is 39.3 Å². The summed E-state index contributed by atoms with van der Waals surface area (Å²) in [6.45, 7) is 6.76. The Kier molecular flexibility index (Phi) is 10.3. The third-order valence-corrected chi connectivity index (χ3v) is 7.10. The molecule has 1 atom stereocenters. The number of nitrogens with zero attached hydrogens (tertiary/aromatic N) is 1. The fourth-order valence-electron chi connectivity index (χ4n) is 4.55. The van der Waals surface area contributed by atoms with Gasteiger partial charge in [0.1, 0.15) is 30.8 Å². The zero-order valence-electron chi connectivity index (χ0n) is 23.3. The Morgan fingerprint density at radius 3 is 1.52 bits per heavy atom. The van der Waals surface area contributed by atoms with E-state index in [9.17, 15) is 9.90 Å². The van der Waals surface area contributed by atoms with Gasteiger partial charge in [-0.15, -0.1) is 0 Å². The van der Waals surface area contributed by atoms with Crippen LogP contribution in [-0.4, -0.2) is 28.6 Å². The Balaban J connectivity index is 1.52. The van der Waals surface area contributed by atoms with Gasteiger partial charge in [0.25, 0.3) is 0 Å². The quantitative estimate of drug-likeness (QED) is 0.197. The van der Waals surface area contributed by atoms with Gasteiger partial charge in [0.2, 0.25) is 0 Å². The second kappa shape index (κ2) is 14.3. The van der Waals surface area contributed by atoms with Crippen molar-refractivity contribution in [1.29, 1.82) is 0 Å². The standard InChI is InChI=1S/C34H38N2O4/c1-25-11-3-5-15-29(25)23-39-32-17-9-7-13-27(32)21-36(20-19-31(35)34(37)38)22-28-14-8-10-18-33(28)40-24-30-16-6-4-12-26(30)2/h3-18,31H,19-24,35H2,1-2H3,(H,37,38)/t31-/m0/s1. The summed E-state index contributed by atoms with van der Waals surface area (Å²) >= 11 is 0. The number of rotatable bonds is 14. The van der Waals surface area contributed by atoms with Gasteiger partial charge in [-0.3, -0.25) is 9.69 Å². The first-order chi connectivity index (χ1) is 19.4. The molecular formula is C34H38N2O4. The zero-order valence-corrected chi connectivity index (χ0v) is 23.3. The molecule has 0 aliphatic carbocycles. The smallest absolute Gasteiger partial charge is 0.320 e. The van der Waals surface area contributed by atoms with Gasteiger partial charge in [0.05, 0.1) is 0 Å². The minimum Gasteiger partial charge on any atom is -0.489 e. The van der Waals surface area contributed by atoms with Crippen molar-refractivity contribution in [3.05, 3.63) is 130 Å². The van der Waals surface area contributed by atoms with Crippen LogP contribution in [0.5, 0.6) is 11.5 Å². The number of carboxylic acids is 1. The van der Waals surface area contributed by atoms with Crippen LogP contribution in [-0.2, 0) is 31.1 Å². The van der Waals surface area contributed by atoms with E-state index in [1.54, 1.807) is 0 Å². The first-order valence-electron chi connectivity index (χ1n) is 13.6. The second-order valence-electron chi connectivity index (χ2n) is 10.1. The summed E-state index contributed by atoms with van der Waals surface area (Å²) in [4.78, 5) is 13.7. The average Bonchev–Trinajstić information content (AvgIpc) is 2.96. The van der Waals surface area contributed by atoms with E-state index < -0.39 is 12.0 Å². The minimum absolute atomic E-state index is 0.327. The minimum atomic E-state index is -0.996. The van der Waals surface area contributed by atoms with Crippen LogP contribution in [0.15, 0.2) is 97.1 Å². The number of aryl methyl sites for hydroxylation is 2. The number of hydrogen-bond acceptors (Lipinski definition) is 5. The number of benzene rings is 4. The maximum Gasteiger partial charge on any atom is 0.320 e. The fraction of sp³-hybridized carbons (Fsp3) is 0.265. The molecule has 0 spiro atoms. The van der Waals surface area contributed by atoms with E-state index in [1.807, 2.05) is 60.7 Å². The SMILES string of the molecule is Cc1ccccc1COc1ccccc1CN(CC[C@H](N)C(=O)O)Cc1ccccc1OCc1ccccc1C. The van der Waals surface area contributed by atoms with Gasteiger partial charge in [0.15, 0.2) is 0 Å². The van der Waals surface area contributed by atoms with Crippen molar-refractivity contribution in [1.82, 2.24) is 4.90 Å². The monoisotopic (exact) mass is 538 g/mol. The number of ether oxygens (including phenoxy) is 2. The van der Waals surface area contributed by atoms with Crippen molar-refractivity contribution in [2.75, 3.05) is 6.54 Å². The summed E-state index contributed by atoms with van der Waals surface area (Å²) in [6, 6.07) is 31.5. The lowest BCUT2D eigenvalue weighted by atomic mass is 10.1. The Labute approximate surface area is 237 Å². The van der Waals surface area contributed by atoms with Crippen LogP contribution >= 0.6 is 0 Å². The molecule has 0 fully saturated rings. The molecule has 0 aliphatic heterocycles. The molecular weight excluding hydrogens is 500 g/mol. The topological polar surface area (TPSA) is 85.0 Å². The number of aliphatic carboxylic acids is 1. The van der Waals surface area contributed by atoms with Crippen LogP contribution in [0.3, 0.4) is 0 Å². The maximum atomic E-state index is 11.4. The van der Waals surface area contributed by atoms with E-state index in [4.69, 9.17) is 15.2 Å². The number of carbonyl (C=O) groups is 1. The molecule has 4 rings (SSSR count). The Morgan fingerprint density at radius 2 is 1.10 bits per heavy atom. The third kappa shape index (κ3) is 8.18. The van der Waals surface area contributed by atoms with Gasteiger partial charge < -0.3 is 20.3 Å². The van der Waals surface area contributed by atoms with Crippen molar-refractivity contribution < 1.29 is 19.4 Å². The predicted molar refractivity (Wildman–Crippen MR) is 158 cm³/mol. The molecule has 0 heterocycles. The van der Waals surface area contributed by atoms with Crippen molar-refractivity contribution in [3.63, 3.8) is 0 Å². The van der Waals surface area contributed by atoms with Crippen molar-refractivity contribution in [2.24, 2.45) is 5.73 Å². The highest BCUT2D eigenvalue weighted by molar-refractivity contribution is 5.73. The molecule has 6 heteroatoms. The number of para-hydroxylation sites is 2. The molecule has 208 valence electrons. The molecule has 0 aliphatic rings. The van der Waals surface area contributed by atoms with Gasteiger partial charge >= 0.3 is 5.97 Å². The fourth-order valence-corrected chi connectivity index (χ4v) is 4.55. The molecule has 6 nitrogen and oxygen atoms in total. The van der Waals surface area contributed by atoms with Crippen LogP contribution in [0, 0.1) is 13.8 Å². The summed E-state index contributed by atoms with van der Waals surface area (Å²) in [6.07, 6.45) is 0.327. The van der Waals surface area contributed by atoms with Crippen LogP contribution < -0.4 is 15.2 Å². The van der Waals surface area contributed by atoms with Crippen molar-refractivity contribution >= 4 is 5.97 Å². The van der Waals surface area contributed by atoms with Crippen LogP contribution in [0.1, 0.15) is 39.8 Å². The van der Waals surface area contributed by atoms with Crippen molar-refractivity contribution in [2.45, 2.75) is 52.6 Å². The predicted octanol–water partition coefficient (Wildman–Crippen LogP) is 6.27. The number of carboxylic acid groups (broad SMARTS) is 1. The average molecular weight is 539 g/mol. The highest BCUT2D eigenvalue weighted by Crippen LogP contribution is 2.26. The lowest BCUT2D eigenvalue weighted by Crippen LogP contribution is -2.35. The summed E-state index contributed by atoms with van der Waals surface area (Å²) in [7, 11) is 0. The van der Waals surface area contributed by atoms with Crippen LogP contribution in [0.4, 0.5) is 0 Å². The van der Waals surface area contributed by atoms with E-state index in [2.05, 4.69) is 55.1 Å². The normalized spacial score (nSPS) is 11.8. The number of hydrogen-bond donors (Lipinski definition) is 2. The lowest BCUT2D eigenvalue weighted by molar-refractivity contribution is -0.138. The van der Waals surface area contributed by atoms with E-state index in [1.165, 1.54) is 11.1 Å². The van der Waals surface area contributed by atoms with Gasteiger partial charge in [-0.1, -0.05) is 84.9 Å².